The quantitative estimate of drug-likeness (QED) is 0.610. The topological polar surface area (TPSA) is 57.7 Å². The number of fused-ring (bicyclic) bond motifs is 1. The van der Waals surface area contributed by atoms with Gasteiger partial charge in [-0.25, -0.2) is 0 Å². The minimum absolute atomic E-state index is 0.0748. The van der Waals surface area contributed by atoms with Crippen LogP contribution in [0.4, 0.5) is 0 Å². The maximum Gasteiger partial charge on any atom is 0.254 e. The van der Waals surface area contributed by atoms with Crippen molar-refractivity contribution in [1.82, 2.24) is 9.80 Å². The van der Waals surface area contributed by atoms with Crippen LogP contribution in [0.5, 0.6) is 0 Å². The van der Waals surface area contributed by atoms with Crippen molar-refractivity contribution in [2.24, 2.45) is 11.8 Å². The van der Waals surface area contributed by atoms with Gasteiger partial charge in [-0.1, -0.05) is 29.8 Å². The van der Waals surface area contributed by atoms with E-state index in [9.17, 15) is 14.4 Å². The zero-order valence-electron chi connectivity index (χ0n) is 13.0. The maximum absolute atomic E-state index is 12.5. The van der Waals surface area contributed by atoms with Crippen molar-refractivity contribution in [1.29, 1.82) is 0 Å². The summed E-state index contributed by atoms with van der Waals surface area (Å²) in [5.41, 5.74) is 0.526. The van der Waals surface area contributed by atoms with Gasteiger partial charge in [-0.2, -0.15) is 0 Å². The normalized spacial score (nSPS) is 26.5. The lowest BCUT2D eigenvalue weighted by Gasteiger charge is -2.43. The molecule has 3 aliphatic rings. The Labute approximate surface area is 144 Å². The van der Waals surface area contributed by atoms with Gasteiger partial charge < -0.3 is 4.90 Å². The Bertz CT molecular complexity index is 728. The molecule has 4 rings (SSSR count). The minimum atomic E-state index is -0.208. The maximum atomic E-state index is 12.5. The zero-order valence-corrected chi connectivity index (χ0v) is 13.8. The lowest BCUT2D eigenvalue weighted by Crippen LogP contribution is -2.62. The first-order valence-corrected chi connectivity index (χ1v) is 8.51. The molecular weight excluding hydrogens is 328 g/mol. The molecule has 2 saturated heterocycles. The highest BCUT2D eigenvalue weighted by Crippen LogP contribution is 2.37. The highest BCUT2D eigenvalue weighted by Gasteiger charge is 2.52. The van der Waals surface area contributed by atoms with Gasteiger partial charge in [0.1, 0.15) is 0 Å². The van der Waals surface area contributed by atoms with Crippen molar-refractivity contribution >= 4 is 29.3 Å². The molecule has 0 aromatic heterocycles. The van der Waals surface area contributed by atoms with E-state index in [0.717, 1.165) is 0 Å². The van der Waals surface area contributed by atoms with Crippen LogP contribution in [0.1, 0.15) is 23.2 Å². The van der Waals surface area contributed by atoms with Crippen LogP contribution in [0.15, 0.2) is 36.4 Å². The summed E-state index contributed by atoms with van der Waals surface area (Å²) in [5, 5.41) is 0.513. The second-order valence-electron chi connectivity index (χ2n) is 6.58. The Hall–Kier alpha value is -2.14. The number of halogens is 1. The van der Waals surface area contributed by atoms with Crippen LogP contribution in [0, 0.1) is 11.8 Å². The van der Waals surface area contributed by atoms with E-state index in [1.165, 1.54) is 4.90 Å². The zero-order chi connectivity index (χ0) is 16.8. The SMILES string of the molecule is O=C(c1cccc(Cl)c1)N1CC(N2C(=O)[C@@H]3CC=CC[C@H]3C2=O)C1. The minimum Gasteiger partial charge on any atom is -0.334 e. The number of hydrogen-bond acceptors (Lipinski definition) is 3. The summed E-state index contributed by atoms with van der Waals surface area (Å²) in [6, 6.07) is 6.60. The van der Waals surface area contributed by atoms with E-state index < -0.39 is 0 Å². The number of imide groups is 1. The molecule has 6 heteroatoms. The molecule has 0 N–H and O–H groups in total. The smallest absolute Gasteiger partial charge is 0.254 e. The predicted molar refractivity (Wildman–Crippen MR) is 88.4 cm³/mol. The number of carbonyl (C=O) groups excluding carboxylic acids is 3. The van der Waals surface area contributed by atoms with E-state index in [2.05, 4.69) is 0 Å². The Kier molecular flexibility index (Phi) is 3.68. The van der Waals surface area contributed by atoms with Crippen LogP contribution < -0.4 is 0 Å². The first-order valence-electron chi connectivity index (χ1n) is 8.13. The average molecular weight is 345 g/mol. The summed E-state index contributed by atoms with van der Waals surface area (Å²) >= 11 is 5.92. The van der Waals surface area contributed by atoms with Crippen LogP contribution >= 0.6 is 11.6 Å². The molecule has 2 atom stereocenters. The third kappa shape index (κ3) is 2.35. The number of likely N-dealkylation sites (tertiary alicyclic amines) is 2. The highest BCUT2D eigenvalue weighted by molar-refractivity contribution is 6.31. The van der Waals surface area contributed by atoms with Gasteiger partial charge in [-0.15, -0.1) is 0 Å². The second-order valence-corrected chi connectivity index (χ2v) is 7.01. The molecule has 3 amide bonds. The molecule has 2 fully saturated rings. The summed E-state index contributed by atoms with van der Waals surface area (Å²) in [7, 11) is 0. The predicted octanol–water partition coefficient (Wildman–Crippen LogP) is 2.12. The van der Waals surface area contributed by atoms with Crippen molar-refractivity contribution < 1.29 is 14.4 Å². The van der Waals surface area contributed by atoms with Crippen LogP contribution in [-0.2, 0) is 9.59 Å². The molecule has 0 saturated carbocycles. The summed E-state index contributed by atoms with van der Waals surface area (Å²) in [6.07, 6.45) is 5.24. The van der Waals surface area contributed by atoms with Crippen molar-refractivity contribution in [3.63, 3.8) is 0 Å². The van der Waals surface area contributed by atoms with Gasteiger partial charge in [-0.05, 0) is 31.0 Å². The van der Waals surface area contributed by atoms with Gasteiger partial charge in [0.2, 0.25) is 11.8 Å². The van der Waals surface area contributed by atoms with Crippen LogP contribution in [0.25, 0.3) is 0 Å². The number of benzene rings is 1. The molecule has 1 aliphatic carbocycles. The van der Waals surface area contributed by atoms with Gasteiger partial charge in [0.15, 0.2) is 0 Å². The van der Waals surface area contributed by atoms with Crippen molar-refractivity contribution in [2.75, 3.05) is 13.1 Å². The number of nitrogens with zero attached hydrogens (tertiary/aromatic N) is 2. The van der Waals surface area contributed by atoms with Gasteiger partial charge >= 0.3 is 0 Å². The van der Waals surface area contributed by atoms with Crippen molar-refractivity contribution in [2.45, 2.75) is 18.9 Å². The van der Waals surface area contributed by atoms with Crippen LogP contribution in [0.2, 0.25) is 5.02 Å². The van der Waals surface area contributed by atoms with E-state index in [0.29, 0.717) is 36.5 Å². The van der Waals surface area contributed by atoms with Crippen molar-refractivity contribution in [3.8, 4) is 0 Å². The molecule has 0 unspecified atom stereocenters. The monoisotopic (exact) mass is 344 g/mol. The van der Waals surface area contributed by atoms with Gasteiger partial charge in [0, 0.05) is 23.7 Å². The van der Waals surface area contributed by atoms with E-state index in [-0.39, 0.29) is 35.6 Å². The molecule has 2 aliphatic heterocycles. The molecule has 2 heterocycles. The van der Waals surface area contributed by atoms with E-state index in [1.54, 1.807) is 29.2 Å². The Morgan fingerprint density at radius 3 is 2.25 bits per heavy atom. The molecular formula is C18H17ClN2O3. The van der Waals surface area contributed by atoms with E-state index >= 15 is 0 Å². The number of amides is 3. The lowest BCUT2D eigenvalue weighted by molar-refractivity contribution is -0.145. The lowest BCUT2D eigenvalue weighted by atomic mass is 9.85. The van der Waals surface area contributed by atoms with Crippen LogP contribution in [-0.4, -0.2) is 46.7 Å². The molecule has 0 spiro atoms. The number of carbonyl (C=O) groups is 3. The fourth-order valence-corrected chi connectivity index (χ4v) is 3.96. The third-order valence-corrected chi connectivity index (χ3v) is 5.36. The summed E-state index contributed by atoms with van der Waals surface area (Å²) in [6.45, 7) is 0.797. The number of rotatable bonds is 2. The molecule has 124 valence electrons. The number of hydrogen-bond donors (Lipinski definition) is 0. The molecule has 24 heavy (non-hydrogen) atoms. The van der Waals surface area contributed by atoms with Crippen LogP contribution in [0.3, 0.4) is 0 Å². The Morgan fingerprint density at radius 2 is 1.67 bits per heavy atom. The molecule has 1 aromatic carbocycles. The summed E-state index contributed by atoms with van der Waals surface area (Å²) in [4.78, 5) is 40.5. The van der Waals surface area contributed by atoms with E-state index in [4.69, 9.17) is 11.6 Å². The molecule has 0 radical (unpaired) electrons. The standard InChI is InChI=1S/C18H17ClN2O3/c19-12-5-3-4-11(8-12)16(22)20-9-13(10-20)21-17(23)14-6-1-2-7-15(14)18(21)24/h1-5,8,13-15H,6-7,9-10H2/t14-,15-/m1/s1. The first kappa shape index (κ1) is 15.4. The van der Waals surface area contributed by atoms with Gasteiger partial charge in [0.25, 0.3) is 5.91 Å². The molecule has 1 aromatic rings. The third-order valence-electron chi connectivity index (χ3n) is 5.13. The van der Waals surface area contributed by atoms with Gasteiger partial charge in [-0.3, -0.25) is 19.3 Å². The first-order chi connectivity index (χ1) is 11.6. The van der Waals surface area contributed by atoms with Gasteiger partial charge in [0.05, 0.1) is 17.9 Å². The summed E-state index contributed by atoms with van der Waals surface area (Å²) < 4.78 is 0. The highest BCUT2D eigenvalue weighted by atomic mass is 35.5. The fourth-order valence-electron chi connectivity index (χ4n) is 3.77. The molecule has 0 bridgehead atoms. The second kappa shape index (κ2) is 5.74. The van der Waals surface area contributed by atoms with E-state index in [1.807, 2.05) is 12.2 Å². The fraction of sp³-hybridized carbons (Fsp3) is 0.389. The Balaban J connectivity index is 1.43. The molecule has 5 nitrogen and oxygen atoms in total. The Morgan fingerprint density at radius 1 is 1.04 bits per heavy atom. The average Bonchev–Trinajstić information content (AvgIpc) is 2.79. The largest absolute Gasteiger partial charge is 0.334 e. The van der Waals surface area contributed by atoms with Crippen molar-refractivity contribution in [3.05, 3.63) is 47.0 Å². The summed E-state index contributed by atoms with van der Waals surface area (Å²) in [5.74, 6) is -0.685. The number of allylic oxidation sites excluding steroid dienone is 2.